The summed E-state index contributed by atoms with van der Waals surface area (Å²) in [6, 6.07) is 0.775. The van der Waals surface area contributed by atoms with Crippen LogP contribution in [0.3, 0.4) is 0 Å². The molecule has 1 N–H and O–H groups in total. The summed E-state index contributed by atoms with van der Waals surface area (Å²) in [6.45, 7) is 2.94. The van der Waals surface area contributed by atoms with Gasteiger partial charge in [-0.1, -0.05) is 11.3 Å². The van der Waals surface area contributed by atoms with Crippen molar-refractivity contribution in [3.63, 3.8) is 0 Å². The lowest BCUT2D eigenvalue weighted by molar-refractivity contribution is -0.120. The van der Waals surface area contributed by atoms with E-state index in [1.54, 1.807) is 18.3 Å². The van der Waals surface area contributed by atoms with Crippen LogP contribution in [0, 0.1) is 0 Å². The van der Waals surface area contributed by atoms with Gasteiger partial charge in [-0.3, -0.25) is 4.79 Å². The zero-order valence-electron chi connectivity index (χ0n) is 10.5. The molecule has 1 amide bonds. The van der Waals surface area contributed by atoms with E-state index in [2.05, 4.69) is 36.3 Å². The molecule has 0 spiro atoms. The smallest absolute Gasteiger partial charge is 0.217 e. The van der Waals surface area contributed by atoms with Crippen LogP contribution in [0.1, 0.15) is 19.8 Å². The molecule has 2 saturated heterocycles. The lowest BCUT2D eigenvalue weighted by atomic mass is 9.90. The normalized spacial score (nSPS) is 30.2. The second kappa shape index (κ2) is 5.34. The molecule has 2 aliphatic heterocycles. The monoisotopic (exact) mass is 346 g/mol. The summed E-state index contributed by atoms with van der Waals surface area (Å²) in [4.78, 5) is 13.5. The lowest BCUT2D eigenvalue weighted by Gasteiger charge is -2.48. The van der Waals surface area contributed by atoms with E-state index in [4.69, 9.17) is 4.74 Å². The molecule has 6 nitrogen and oxygen atoms in total. The minimum Gasteiger partial charge on any atom is -0.377 e. The van der Waals surface area contributed by atoms with Gasteiger partial charge in [0.25, 0.3) is 0 Å². The topological polar surface area (TPSA) is 67.3 Å². The standard InChI is InChI=1S/C11H15BrN4O2S/c1-6(17)13-7-2-8-4-18-5-9(3-7)16(8)11-15-14-10(12)19-11/h7-9H,2-5H2,1H3,(H,13,17). The van der Waals surface area contributed by atoms with E-state index in [0.29, 0.717) is 13.2 Å². The SMILES string of the molecule is CC(=O)NC1CC2COCC(C1)N2c1nnc(Br)s1. The molecule has 8 heteroatoms. The highest BCUT2D eigenvalue weighted by Gasteiger charge is 2.40. The summed E-state index contributed by atoms with van der Waals surface area (Å²) in [6.07, 6.45) is 1.79. The molecule has 2 aliphatic rings. The summed E-state index contributed by atoms with van der Waals surface area (Å²) >= 11 is 4.90. The summed E-state index contributed by atoms with van der Waals surface area (Å²) in [5.41, 5.74) is 0. The summed E-state index contributed by atoms with van der Waals surface area (Å²) in [5.74, 6) is 0.0381. The van der Waals surface area contributed by atoms with Crippen LogP contribution < -0.4 is 10.2 Å². The molecule has 3 heterocycles. The molecule has 19 heavy (non-hydrogen) atoms. The van der Waals surface area contributed by atoms with Crippen molar-refractivity contribution in [2.75, 3.05) is 18.1 Å². The van der Waals surface area contributed by atoms with Gasteiger partial charge in [0.05, 0.1) is 25.3 Å². The Bertz CT molecular complexity index is 469. The van der Waals surface area contributed by atoms with Crippen molar-refractivity contribution in [2.24, 2.45) is 0 Å². The van der Waals surface area contributed by atoms with Crippen molar-refractivity contribution in [1.29, 1.82) is 0 Å². The quantitative estimate of drug-likeness (QED) is 0.870. The first-order valence-electron chi connectivity index (χ1n) is 6.25. The number of halogens is 1. The van der Waals surface area contributed by atoms with E-state index in [0.717, 1.165) is 21.9 Å². The van der Waals surface area contributed by atoms with Crippen LogP contribution in [0.5, 0.6) is 0 Å². The van der Waals surface area contributed by atoms with Gasteiger partial charge in [-0.15, -0.1) is 10.2 Å². The number of morpholine rings is 1. The van der Waals surface area contributed by atoms with E-state index < -0.39 is 0 Å². The van der Waals surface area contributed by atoms with Crippen molar-refractivity contribution in [1.82, 2.24) is 15.5 Å². The largest absolute Gasteiger partial charge is 0.377 e. The fourth-order valence-corrected chi connectivity index (χ4v) is 4.17. The Hall–Kier alpha value is -0.730. The fourth-order valence-electron chi connectivity index (χ4n) is 2.94. The first-order chi connectivity index (χ1) is 9.13. The van der Waals surface area contributed by atoms with Gasteiger partial charge in [-0.25, -0.2) is 0 Å². The van der Waals surface area contributed by atoms with Gasteiger partial charge in [0.2, 0.25) is 11.0 Å². The number of hydrogen-bond donors (Lipinski definition) is 1. The molecule has 104 valence electrons. The van der Waals surface area contributed by atoms with E-state index in [9.17, 15) is 4.79 Å². The van der Waals surface area contributed by atoms with Crippen LogP contribution in [0.2, 0.25) is 0 Å². The van der Waals surface area contributed by atoms with Crippen LogP contribution in [-0.4, -0.2) is 47.4 Å². The molecule has 0 aromatic carbocycles. The van der Waals surface area contributed by atoms with Gasteiger partial charge in [0.1, 0.15) is 0 Å². The molecule has 1 aromatic rings. The average molecular weight is 347 g/mol. The molecule has 0 saturated carbocycles. The van der Waals surface area contributed by atoms with Crippen LogP contribution >= 0.6 is 27.3 Å². The maximum absolute atomic E-state index is 11.2. The van der Waals surface area contributed by atoms with Crippen LogP contribution in [0.4, 0.5) is 5.13 Å². The number of nitrogens with zero attached hydrogens (tertiary/aromatic N) is 3. The summed E-state index contributed by atoms with van der Waals surface area (Å²) in [5, 5.41) is 12.2. The maximum Gasteiger partial charge on any atom is 0.217 e. The molecular formula is C11H15BrN4O2S. The predicted octanol–water partition coefficient (Wildman–Crippen LogP) is 1.17. The zero-order chi connectivity index (χ0) is 13.4. The summed E-state index contributed by atoms with van der Waals surface area (Å²) < 4.78 is 6.44. The number of ether oxygens (including phenoxy) is 1. The molecule has 2 atom stereocenters. The number of carbonyl (C=O) groups excluding carboxylic acids is 1. The Kier molecular flexibility index (Phi) is 3.72. The third kappa shape index (κ3) is 2.75. The van der Waals surface area contributed by atoms with E-state index >= 15 is 0 Å². The number of carbonyl (C=O) groups is 1. The Labute approximate surface area is 123 Å². The van der Waals surface area contributed by atoms with Gasteiger partial charge in [-0.05, 0) is 28.8 Å². The number of hydrogen-bond acceptors (Lipinski definition) is 6. The van der Waals surface area contributed by atoms with Gasteiger partial charge >= 0.3 is 0 Å². The molecule has 2 bridgehead atoms. The van der Waals surface area contributed by atoms with Crippen molar-refractivity contribution in [3.8, 4) is 0 Å². The van der Waals surface area contributed by atoms with E-state index in [-0.39, 0.29) is 24.0 Å². The van der Waals surface area contributed by atoms with Gasteiger partial charge in [-0.2, -0.15) is 0 Å². The number of piperidine rings is 1. The fraction of sp³-hybridized carbons (Fsp3) is 0.727. The Morgan fingerprint density at radius 3 is 2.63 bits per heavy atom. The Balaban J connectivity index is 1.78. The number of rotatable bonds is 2. The number of anilines is 1. The van der Waals surface area contributed by atoms with Crippen LogP contribution in [0.25, 0.3) is 0 Å². The highest BCUT2D eigenvalue weighted by molar-refractivity contribution is 9.11. The van der Waals surface area contributed by atoms with Gasteiger partial charge in [0, 0.05) is 13.0 Å². The van der Waals surface area contributed by atoms with Crippen LogP contribution in [-0.2, 0) is 9.53 Å². The second-order valence-electron chi connectivity index (χ2n) is 4.96. The molecule has 3 rings (SSSR count). The first-order valence-corrected chi connectivity index (χ1v) is 7.86. The number of aromatic nitrogens is 2. The molecular weight excluding hydrogens is 332 g/mol. The van der Waals surface area contributed by atoms with Crippen LogP contribution in [0.15, 0.2) is 3.92 Å². The second-order valence-corrected chi connectivity index (χ2v) is 7.19. The van der Waals surface area contributed by atoms with Gasteiger partial charge < -0.3 is 15.0 Å². The van der Waals surface area contributed by atoms with Crippen molar-refractivity contribution < 1.29 is 9.53 Å². The van der Waals surface area contributed by atoms with Crippen molar-refractivity contribution >= 4 is 38.3 Å². The Morgan fingerprint density at radius 1 is 1.42 bits per heavy atom. The highest BCUT2D eigenvalue weighted by atomic mass is 79.9. The van der Waals surface area contributed by atoms with Gasteiger partial charge in [0.15, 0.2) is 3.92 Å². The van der Waals surface area contributed by atoms with E-state index in [1.807, 2.05) is 0 Å². The first kappa shape index (κ1) is 13.3. The molecule has 2 unspecified atom stereocenters. The minimum atomic E-state index is 0.0381. The minimum absolute atomic E-state index is 0.0381. The molecule has 0 aliphatic carbocycles. The molecule has 2 fully saturated rings. The van der Waals surface area contributed by atoms with E-state index in [1.165, 1.54) is 0 Å². The molecule has 1 aromatic heterocycles. The third-order valence-corrected chi connectivity index (χ3v) is 4.91. The lowest BCUT2D eigenvalue weighted by Crippen LogP contribution is -2.61. The average Bonchev–Trinajstić information content (AvgIpc) is 2.73. The molecule has 0 radical (unpaired) electrons. The number of amides is 1. The van der Waals surface area contributed by atoms with Crippen molar-refractivity contribution in [2.45, 2.75) is 37.9 Å². The predicted molar refractivity (Wildman–Crippen MR) is 75.3 cm³/mol. The number of nitrogens with one attached hydrogen (secondary N) is 1. The van der Waals surface area contributed by atoms with Crippen molar-refractivity contribution in [3.05, 3.63) is 3.92 Å². The highest BCUT2D eigenvalue weighted by Crippen LogP contribution is 2.35. The Morgan fingerprint density at radius 2 is 2.11 bits per heavy atom. The third-order valence-electron chi connectivity index (χ3n) is 3.54. The summed E-state index contributed by atoms with van der Waals surface area (Å²) in [7, 11) is 0. The number of fused-ring (bicyclic) bond motifs is 2. The maximum atomic E-state index is 11.2. The zero-order valence-corrected chi connectivity index (χ0v) is 12.9.